The highest BCUT2D eigenvalue weighted by Gasteiger charge is 2.18. The monoisotopic (exact) mass is 859 g/mol. The van der Waals surface area contributed by atoms with Gasteiger partial charge in [-0.1, -0.05) is 84.9 Å². The van der Waals surface area contributed by atoms with E-state index in [0.717, 1.165) is 53.3 Å². The van der Waals surface area contributed by atoms with Gasteiger partial charge >= 0.3 is 0 Å². The van der Waals surface area contributed by atoms with E-state index in [4.69, 9.17) is 0 Å². The number of fused-ring (bicyclic) bond motifs is 9. The predicted octanol–water partition coefficient (Wildman–Crippen LogP) is 13.1. The van der Waals surface area contributed by atoms with Gasteiger partial charge in [0.1, 0.15) is 0 Å². The van der Waals surface area contributed by atoms with Gasteiger partial charge in [-0.3, -0.25) is 4.55 Å². The molecule has 8 heteroatoms. The van der Waals surface area contributed by atoms with Gasteiger partial charge in [-0.25, -0.2) is 0 Å². The third-order valence-corrected chi connectivity index (χ3v) is 13.5. The molecule has 1 N–H and O–H groups in total. The molecule has 0 amide bonds. The van der Waals surface area contributed by atoms with Crippen LogP contribution in [0, 0.1) is 0 Å². The quantitative estimate of drug-likeness (QED) is 0.0927. The maximum Gasteiger partial charge on any atom is 0.265 e. The van der Waals surface area contributed by atoms with Crippen molar-refractivity contribution in [2.75, 3.05) is 5.75 Å². The average molecular weight is 860 g/mol. The van der Waals surface area contributed by atoms with Crippen LogP contribution in [0.1, 0.15) is 60.8 Å². The molecule has 10 aromatic rings. The number of aryl methyl sites for hydroxylation is 3. The number of benzene rings is 6. The van der Waals surface area contributed by atoms with Gasteiger partial charge in [0, 0.05) is 116 Å². The molecule has 0 saturated heterocycles. The Morgan fingerprint density at radius 3 is 1.16 bits per heavy atom. The first-order valence-corrected chi connectivity index (χ1v) is 23.9. The van der Waals surface area contributed by atoms with Crippen molar-refractivity contribution in [3.05, 3.63) is 173 Å². The van der Waals surface area contributed by atoms with Crippen molar-refractivity contribution in [1.29, 1.82) is 0 Å². The van der Waals surface area contributed by atoms with Crippen LogP contribution in [0.5, 0.6) is 0 Å². The predicted molar refractivity (Wildman–Crippen MR) is 270 cm³/mol. The Labute approximate surface area is 373 Å². The Morgan fingerprint density at radius 2 is 0.781 bits per heavy atom. The third kappa shape index (κ3) is 7.63. The minimum absolute atomic E-state index is 0.247. The third-order valence-electron chi connectivity index (χ3n) is 12.7. The first kappa shape index (κ1) is 41.0. The number of nitrogens with zero attached hydrogens (tertiary/aromatic N) is 4. The number of para-hydroxylation sites is 3. The summed E-state index contributed by atoms with van der Waals surface area (Å²) in [6, 6.07) is 49.9. The van der Waals surface area contributed by atoms with Gasteiger partial charge in [0.05, 0.1) is 5.75 Å². The second-order valence-electron chi connectivity index (χ2n) is 16.5. The van der Waals surface area contributed by atoms with E-state index < -0.39 is 10.1 Å². The van der Waals surface area contributed by atoms with Gasteiger partial charge in [0.25, 0.3) is 10.1 Å². The molecule has 6 aromatic carbocycles. The van der Waals surface area contributed by atoms with Crippen LogP contribution < -0.4 is 4.57 Å². The molecule has 0 aliphatic carbocycles. The normalized spacial score (nSPS) is 12.7. The minimum Gasteiger partial charge on any atom is -0.341 e. The standard InChI is InChI=1S/C56H50N4O3S/c1-4-57-51-17-10-7-14-45(51)48-36-39(24-29-54(48)57)20-21-42-34-43(27-22-40-25-30-55-49(37-40)46-15-8-11-18-52(46)58(55)5-2)60(32-13-33-64(61,62)63)44(35-42)28-23-41-26-31-56-50(38-41)47-16-9-12-19-53(47)59(56)6-3/h7-12,14-31,34-38H,4-6,13,32-33H2,1-3H3/p+1. The number of hydrogen-bond donors (Lipinski definition) is 1. The number of pyridine rings is 1. The van der Waals surface area contributed by atoms with E-state index in [2.05, 4.69) is 215 Å². The summed E-state index contributed by atoms with van der Waals surface area (Å²) in [7, 11) is -4.15. The van der Waals surface area contributed by atoms with Crippen LogP contribution in [0.15, 0.2) is 140 Å². The number of hydrogen-bond acceptors (Lipinski definition) is 2. The zero-order valence-electron chi connectivity index (χ0n) is 36.4. The summed E-state index contributed by atoms with van der Waals surface area (Å²) in [5, 5.41) is 7.34. The van der Waals surface area contributed by atoms with E-state index in [1.807, 2.05) is 0 Å². The Bertz CT molecular complexity index is 3490. The summed E-state index contributed by atoms with van der Waals surface area (Å²) < 4.78 is 43.0. The Kier molecular flexibility index (Phi) is 10.9. The molecule has 0 aliphatic heterocycles. The molecule has 4 aromatic heterocycles. The SMILES string of the molecule is CCn1c2ccccc2c2cc(/C=C/c3cc(/C=C/c4ccc5c(c4)c4ccccc4n5CC)[n+](CCCS(=O)(=O)O)c(/C=C/c4ccc5c(c4)c4ccccc4n5CC)c3)ccc21. The topological polar surface area (TPSA) is 73.0 Å². The summed E-state index contributed by atoms with van der Waals surface area (Å²) >= 11 is 0. The zero-order chi connectivity index (χ0) is 44.0. The zero-order valence-corrected chi connectivity index (χ0v) is 37.3. The molecular formula is C56H51N4O3S+. The van der Waals surface area contributed by atoms with E-state index in [9.17, 15) is 13.0 Å². The Hall–Kier alpha value is -7.00. The van der Waals surface area contributed by atoms with Crippen molar-refractivity contribution in [1.82, 2.24) is 13.7 Å². The van der Waals surface area contributed by atoms with E-state index >= 15 is 0 Å². The molecule has 318 valence electrons. The highest BCUT2D eigenvalue weighted by molar-refractivity contribution is 7.85. The van der Waals surface area contributed by atoms with Crippen molar-refractivity contribution in [2.24, 2.45) is 0 Å². The molecule has 0 radical (unpaired) electrons. The summed E-state index contributed by atoms with van der Waals surface area (Å²) in [5.74, 6) is -0.332. The van der Waals surface area contributed by atoms with Gasteiger partial charge in [-0.05, 0) is 110 Å². The molecule has 0 fully saturated rings. The maximum absolute atomic E-state index is 12.0. The van der Waals surface area contributed by atoms with Crippen LogP contribution >= 0.6 is 0 Å². The van der Waals surface area contributed by atoms with Gasteiger partial charge in [0.2, 0.25) is 11.4 Å². The summed E-state index contributed by atoms with van der Waals surface area (Å²) in [5.41, 5.74) is 13.4. The van der Waals surface area contributed by atoms with E-state index in [1.54, 1.807) is 0 Å². The molecular weight excluding hydrogens is 809 g/mol. The number of rotatable bonds is 13. The van der Waals surface area contributed by atoms with Gasteiger partial charge < -0.3 is 13.7 Å². The summed E-state index contributed by atoms with van der Waals surface area (Å²) in [6.07, 6.45) is 13.1. The van der Waals surface area contributed by atoms with Crippen LogP contribution in [0.4, 0.5) is 0 Å². The molecule has 0 atom stereocenters. The molecule has 0 spiro atoms. The lowest BCUT2D eigenvalue weighted by Crippen LogP contribution is -2.41. The van der Waals surface area contributed by atoms with Gasteiger partial charge in [-0.15, -0.1) is 0 Å². The van der Waals surface area contributed by atoms with Gasteiger partial charge in [0.15, 0.2) is 6.54 Å². The lowest BCUT2D eigenvalue weighted by atomic mass is 10.1. The smallest absolute Gasteiger partial charge is 0.265 e. The molecule has 0 unspecified atom stereocenters. The molecule has 10 rings (SSSR count). The fourth-order valence-corrected chi connectivity index (χ4v) is 10.3. The molecule has 64 heavy (non-hydrogen) atoms. The summed E-state index contributed by atoms with van der Waals surface area (Å²) in [6.45, 7) is 9.59. The van der Waals surface area contributed by atoms with Crippen LogP contribution in [0.3, 0.4) is 0 Å². The van der Waals surface area contributed by atoms with Crippen molar-refractivity contribution >= 4 is 112 Å². The van der Waals surface area contributed by atoms with E-state index in [1.165, 1.54) is 65.4 Å². The van der Waals surface area contributed by atoms with Crippen molar-refractivity contribution in [2.45, 2.75) is 53.4 Å². The minimum atomic E-state index is -4.15. The second-order valence-corrected chi connectivity index (χ2v) is 18.1. The lowest BCUT2D eigenvalue weighted by Gasteiger charge is -2.08. The molecule has 0 bridgehead atoms. The Balaban J connectivity index is 1.10. The molecule has 0 saturated carbocycles. The fourth-order valence-electron chi connectivity index (χ4n) is 9.83. The highest BCUT2D eigenvalue weighted by atomic mass is 32.2. The molecule has 4 heterocycles. The molecule has 0 aliphatic rings. The fraction of sp³-hybridized carbons (Fsp3) is 0.161. The van der Waals surface area contributed by atoms with E-state index in [-0.39, 0.29) is 12.2 Å². The summed E-state index contributed by atoms with van der Waals surface area (Å²) in [4.78, 5) is 0. The van der Waals surface area contributed by atoms with Crippen molar-refractivity contribution in [3.63, 3.8) is 0 Å². The first-order chi connectivity index (χ1) is 31.2. The highest BCUT2D eigenvalue weighted by Crippen LogP contribution is 2.33. The second kappa shape index (κ2) is 16.9. The van der Waals surface area contributed by atoms with E-state index in [0.29, 0.717) is 6.54 Å². The van der Waals surface area contributed by atoms with Crippen LogP contribution in [-0.2, 0) is 36.3 Å². The number of aromatic nitrogens is 4. The van der Waals surface area contributed by atoms with Crippen LogP contribution in [0.2, 0.25) is 0 Å². The molecule has 7 nitrogen and oxygen atoms in total. The Morgan fingerprint density at radius 1 is 0.438 bits per heavy atom. The van der Waals surface area contributed by atoms with Crippen LogP contribution in [0.25, 0.3) is 102 Å². The maximum atomic E-state index is 12.0. The first-order valence-electron chi connectivity index (χ1n) is 22.3. The average Bonchev–Trinajstić information content (AvgIpc) is 3.93. The van der Waals surface area contributed by atoms with Crippen molar-refractivity contribution < 1.29 is 17.5 Å². The largest absolute Gasteiger partial charge is 0.341 e. The van der Waals surface area contributed by atoms with Crippen molar-refractivity contribution in [3.8, 4) is 0 Å². The van der Waals surface area contributed by atoms with Crippen LogP contribution in [-0.4, -0.2) is 32.4 Å². The van der Waals surface area contributed by atoms with Gasteiger partial charge in [-0.2, -0.15) is 13.0 Å². The lowest BCUT2D eigenvalue weighted by molar-refractivity contribution is -0.700.